The minimum Gasteiger partial charge on any atom is -0.495 e. The van der Waals surface area contributed by atoms with Crippen LogP contribution in [0.2, 0.25) is 5.02 Å². The molecule has 1 atom stereocenters. The number of carbonyl (C=O) groups is 1. The fourth-order valence-corrected chi connectivity index (χ4v) is 2.07. The number of nitrogens with one attached hydrogen (secondary N) is 1. The van der Waals surface area contributed by atoms with Gasteiger partial charge in [-0.05, 0) is 25.5 Å². The number of methoxy groups -OCH3 is 1. The van der Waals surface area contributed by atoms with Crippen molar-refractivity contribution < 1.29 is 14.5 Å². The number of nitro groups is 1. The predicted octanol–water partition coefficient (Wildman–Crippen LogP) is 2.96. The molecule has 0 saturated heterocycles. The molecule has 122 valence electrons. The molecule has 0 aliphatic heterocycles. The van der Waals surface area contributed by atoms with Gasteiger partial charge in [-0.2, -0.15) is 5.10 Å². The summed E-state index contributed by atoms with van der Waals surface area (Å²) in [7, 11) is 1.47. The zero-order chi connectivity index (χ0) is 17.1. The van der Waals surface area contributed by atoms with E-state index in [0.717, 1.165) is 11.8 Å². The lowest BCUT2D eigenvalue weighted by Gasteiger charge is -2.15. The molecular formula is C14H15ClN4O4. The highest BCUT2D eigenvalue weighted by atomic mass is 35.5. The molecule has 0 fully saturated rings. The quantitative estimate of drug-likeness (QED) is 0.667. The molecular weight excluding hydrogens is 324 g/mol. The van der Waals surface area contributed by atoms with Crippen molar-refractivity contribution in [3.8, 4) is 5.75 Å². The van der Waals surface area contributed by atoms with Crippen LogP contribution in [0.1, 0.15) is 18.5 Å². The Bertz CT molecular complexity index is 759. The number of rotatable bonds is 5. The van der Waals surface area contributed by atoms with Crippen molar-refractivity contribution in [3.05, 3.63) is 45.2 Å². The summed E-state index contributed by atoms with van der Waals surface area (Å²) in [6, 6.07) is 2.57. The van der Waals surface area contributed by atoms with Crippen LogP contribution in [0.3, 0.4) is 0 Å². The first kappa shape index (κ1) is 16.8. The molecule has 2 aromatic rings. The van der Waals surface area contributed by atoms with Gasteiger partial charge in [0.15, 0.2) is 0 Å². The van der Waals surface area contributed by atoms with Crippen LogP contribution < -0.4 is 10.1 Å². The lowest BCUT2D eigenvalue weighted by Crippen LogP contribution is -2.24. The molecule has 1 aromatic carbocycles. The summed E-state index contributed by atoms with van der Waals surface area (Å²) in [5.74, 6) is 0.0376. The third-order valence-corrected chi connectivity index (χ3v) is 3.72. The van der Waals surface area contributed by atoms with E-state index in [1.165, 1.54) is 18.0 Å². The Labute approximate surface area is 137 Å². The highest BCUT2D eigenvalue weighted by Crippen LogP contribution is 2.31. The number of halogens is 1. The highest BCUT2D eigenvalue weighted by Gasteiger charge is 2.20. The van der Waals surface area contributed by atoms with Crippen molar-refractivity contribution in [2.45, 2.75) is 19.9 Å². The van der Waals surface area contributed by atoms with E-state index >= 15 is 0 Å². The SMILES string of the molecule is COc1cc(Cl)c(C)cc1NC(=O)[C@H](C)n1cc([N+](=O)[O-])cn1. The first-order chi connectivity index (χ1) is 10.8. The fraction of sp³-hybridized carbons (Fsp3) is 0.286. The van der Waals surface area contributed by atoms with Crippen molar-refractivity contribution >= 4 is 28.9 Å². The van der Waals surface area contributed by atoms with Crippen LogP contribution in [0.5, 0.6) is 5.75 Å². The first-order valence-corrected chi connectivity index (χ1v) is 7.04. The molecule has 1 N–H and O–H groups in total. The Morgan fingerprint density at radius 2 is 2.22 bits per heavy atom. The largest absolute Gasteiger partial charge is 0.495 e. The highest BCUT2D eigenvalue weighted by molar-refractivity contribution is 6.31. The van der Waals surface area contributed by atoms with Crippen molar-refractivity contribution in [2.75, 3.05) is 12.4 Å². The lowest BCUT2D eigenvalue weighted by molar-refractivity contribution is -0.385. The van der Waals surface area contributed by atoms with Gasteiger partial charge in [0.2, 0.25) is 5.91 Å². The number of aryl methyl sites for hydroxylation is 1. The maximum atomic E-state index is 12.3. The van der Waals surface area contributed by atoms with E-state index in [-0.39, 0.29) is 11.6 Å². The van der Waals surface area contributed by atoms with Crippen LogP contribution in [0.4, 0.5) is 11.4 Å². The van der Waals surface area contributed by atoms with Gasteiger partial charge < -0.3 is 10.1 Å². The van der Waals surface area contributed by atoms with E-state index in [1.54, 1.807) is 26.0 Å². The Hall–Kier alpha value is -2.61. The first-order valence-electron chi connectivity index (χ1n) is 6.67. The van der Waals surface area contributed by atoms with Crippen molar-refractivity contribution in [1.82, 2.24) is 9.78 Å². The molecule has 1 amide bonds. The molecule has 0 bridgehead atoms. The minimum atomic E-state index is -0.732. The van der Waals surface area contributed by atoms with Gasteiger partial charge in [-0.15, -0.1) is 0 Å². The third kappa shape index (κ3) is 3.59. The second-order valence-electron chi connectivity index (χ2n) is 4.90. The van der Waals surface area contributed by atoms with E-state index in [1.807, 2.05) is 0 Å². The van der Waals surface area contributed by atoms with Crippen LogP contribution >= 0.6 is 11.6 Å². The summed E-state index contributed by atoms with van der Waals surface area (Å²) >= 11 is 6.02. The predicted molar refractivity (Wildman–Crippen MR) is 85.0 cm³/mol. The molecule has 23 heavy (non-hydrogen) atoms. The van der Waals surface area contributed by atoms with Gasteiger partial charge in [0, 0.05) is 11.1 Å². The molecule has 0 unspecified atom stereocenters. The van der Waals surface area contributed by atoms with Gasteiger partial charge in [-0.25, -0.2) is 0 Å². The number of aromatic nitrogens is 2. The van der Waals surface area contributed by atoms with E-state index in [2.05, 4.69) is 10.4 Å². The smallest absolute Gasteiger partial charge is 0.307 e. The lowest BCUT2D eigenvalue weighted by atomic mass is 10.2. The fourth-order valence-electron chi connectivity index (χ4n) is 1.92. The number of carbonyl (C=O) groups excluding carboxylic acids is 1. The van der Waals surface area contributed by atoms with E-state index in [4.69, 9.17) is 16.3 Å². The molecule has 0 spiro atoms. The van der Waals surface area contributed by atoms with Crippen LogP contribution in [-0.2, 0) is 4.79 Å². The van der Waals surface area contributed by atoms with Crippen LogP contribution in [0, 0.1) is 17.0 Å². The summed E-state index contributed by atoms with van der Waals surface area (Å²) in [5, 5.41) is 17.7. The zero-order valence-electron chi connectivity index (χ0n) is 12.7. The topological polar surface area (TPSA) is 99.3 Å². The molecule has 8 nitrogen and oxygen atoms in total. The van der Waals surface area contributed by atoms with Gasteiger partial charge in [-0.1, -0.05) is 11.6 Å². The van der Waals surface area contributed by atoms with Crippen molar-refractivity contribution in [1.29, 1.82) is 0 Å². The van der Waals surface area contributed by atoms with Gasteiger partial charge >= 0.3 is 5.69 Å². The summed E-state index contributed by atoms with van der Waals surface area (Å²) in [6.07, 6.45) is 2.30. The van der Waals surface area contributed by atoms with Gasteiger partial charge in [0.25, 0.3) is 0 Å². The van der Waals surface area contributed by atoms with E-state index in [9.17, 15) is 14.9 Å². The van der Waals surface area contributed by atoms with Crippen molar-refractivity contribution in [3.63, 3.8) is 0 Å². The maximum Gasteiger partial charge on any atom is 0.307 e. The van der Waals surface area contributed by atoms with E-state index < -0.39 is 11.0 Å². The Balaban J connectivity index is 2.21. The molecule has 0 aliphatic carbocycles. The summed E-state index contributed by atoms with van der Waals surface area (Å²) in [5.41, 5.74) is 1.07. The molecule has 0 radical (unpaired) electrons. The number of hydrogen-bond acceptors (Lipinski definition) is 5. The number of nitrogens with zero attached hydrogens (tertiary/aromatic N) is 3. The summed E-state index contributed by atoms with van der Waals surface area (Å²) in [4.78, 5) is 22.4. The van der Waals surface area contributed by atoms with Crippen LogP contribution in [0.25, 0.3) is 0 Å². The minimum absolute atomic E-state index is 0.176. The second kappa shape index (κ2) is 6.66. The normalized spacial score (nSPS) is 11.8. The molecule has 1 aromatic heterocycles. The zero-order valence-corrected chi connectivity index (χ0v) is 13.5. The monoisotopic (exact) mass is 338 g/mol. The number of ether oxygens (including phenoxy) is 1. The van der Waals surface area contributed by atoms with Gasteiger partial charge in [0.05, 0.1) is 17.7 Å². The van der Waals surface area contributed by atoms with Crippen LogP contribution in [-0.4, -0.2) is 27.7 Å². The van der Waals surface area contributed by atoms with Gasteiger partial charge in [-0.3, -0.25) is 19.6 Å². The Morgan fingerprint density at radius 3 is 2.78 bits per heavy atom. The number of amides is 1. The van der Waals surface area contributed by atoms with Crippen molar-refractivity contribution in [2.24, 2.45) is 0 Å². The number of anilines is 1. The second-order valence-corrected chi connectivity index (χ2v) is 5.31. The van der Waals surface area contributed by atoms with E-state index in [0.29, 0.717) is 16.5 Å². The Kier molecular flexibility index (Phi) is 4.85. The van der Waals surface area contributed by atoms with Crippen LogP contribution in [0.15, 0.2) is 24.5 Å². The molecule has 2 rings (SSSR count). The summed E-state index contributed by atoms with van der Waals surface area (Å²) in [6.45, 7) is 3.39. The average Bonchev–Trinajstić information content (AvgIpc) is 2.99. The number of hydrogen-bond donors (Lipinski definition) is 1. The average molecular weight is 339 g/mol. The van der Waals surface area contributed by atoms with Gasteiger partial charge in [0.1, 0.15) is 24.2 Å². The Morgan fingerprint density at radius 1 is 1.52 bits per heavy atom. The molecule has 1 heterocycles. The standard InChI is InChI=1S/C14H15ClN4O4/c1-8-4-12(13(23-3)5-11(8)15)17-14(20)9(2)18-7-10(6-16-18)19(21)22/h4-7,9H,1-3H3,(H,17,20)/t9-/m0/s1. The molecule has 9 heteroatoms. The number of benzene rings is 1. The summed E-state index contributed by atoms with van der Waals surface area (Å²) < 4.78 is 6.42. The third-order valence-electron chi connectivity index (χ3n) is 3.31. The molecule has 0 aliphatic rings. The molecule has 0 saturated carbocycles. The maximum absolute atomic E-state index is 12.3.